The lowest BCUT2D eigenvalue weighted by molar-refractivity contribution is -0.122. The summed E-state index contributed by atoms with van der Waals surface area (Å²) >= 11 is 0. The minimum atomic E-state index is 0.134. The smallest absolute Gasteiger partial charge is 0.234 e. The van der Waals surface area contributed by atoms with Crippen molar-refractivity contribution in [1.82, 2.24) is 15.1 Å². The molecule has 1 aromatic carbocycles. The summed E-state index contributed by atoms with van der Waals surface area (Å²) in [7, 11) is 1.67. The third-order valence-corrected chi connectivity index (χ3v) is 5.15. The van der Waals surface area contributed by atoms with E-state index in [1.54, 1.807) is 7.11 Å². The minimum Gasteiger partial charge on any atom is -0.497 e. The molecule has 0 atom stereocenters. The Hall–Kier alpha value is -1.59. The van der Waals surface area contributed by atoms with Crippen LogP contribution in [-0.4, -0.2) is 68.1 Å². The molecule has 25 heavy (non-hydrogen) atoms. The highest BCUT2D eigenvalue weighted by Gasteiger charge is 2.23. The molecule has 1 fully saturated rings. The van der Waals surface area contributed by atoms with Gasteiger partial charge < -0.3 is 15.0 Å². The lowest BCUT2D eigenvalue weighted by Gasteiger charge is -2.37. The van der Waals surface area contributed by atoms with E-state index in [0.29, 0.717) is 19.1 Å². The van der Waals surface area contributed by atoms with Crippen LogP contribution in [0, 0.1) is 0 Å². The third kappa shape index (κ3) is 6.33. The summed E-state index contributed by atoms with van der Waals surface area (Å²) in [4.78, 5) is 17.0. The topological polar surface area (TPSA) is 44.8 Å². The van der Waals surface area contributed by atoms with Gasteiger partial charge in [-0.2, -0.15) is 0 Å². The summed E-state index contributed by atoms with van der Waals surface area (Å²) in [6, 6.07) is 8.68. The van der Waals surface area contributed by atoms with E-state index in [1.807, 2.05) is 24.3 Å². The van der Waals surface area contributed by atoms with Crippen molar-refractivity contribution < 1.29 is 9.53 Å². The molecule has 0 radical (unpaired) electrons. The molecular formula is C20H33N3O2. The summed E-state index contributed by atoms with van der Waals surface area (Å²) in [5.74, 6) is 0.996. The molecule has 1 saturated heterocycles. The lowest BCUT2D eigenvalue weighted by atomic mass is 10.0. The fraction of sp³-hybridized carbons (Fsp3) is 0.650. The lowest BCUT2D eigenvalue weighted by Crippen LogP contribution is -2.47. The molecule has 0 spiro atoms. The first-order chi connectivity index (χ1) is 12.2. The Morgan fingerprint density at radius 3 is 2.40 bits per heavy atom. The van der Waals surface area contributed by atoms with Crippen LogP contribution in [0.5, 0.6) is 5.75 Å². The van der Waals surface area contributed by atoms with Gasteiger partial charge in [0.1, 0.15) is 5.75 Å². The van der Waals surface area contributed by atoms with Crippen LogP contribution >= 0.6 is 0 Å². The Morgan fingerprint density at radius 1 is 1.20 bits per heavy atom. The Balaban J connectivity index is 1.64. The van der Waals surface area contributed by atoms with Gasteiger partial charge in [-0.15, -0.1) is 0 Å². The minimum absolute atomic E-state index is 0.134. The number of carbonyl (C=O) groups excluding carboxylic acids is 1. The molecule has 1 heterocycles. The van der Waals surface area contributed by atoms with Gasteiger partial charge in [0, 0.05) is 25.7 Å². The Labute approximate surface area is 152 Å². The number of nitrogens with zero attached hydrogens (tertiary/aromatic N) is 2. The van der Waals surface area contributed by atoms with E-state index in [0.717, 1.165) is 38.3 Å². The zero-order valence-corrected chi connectivity index (χ0v) is 16.0. The summed E-state index contributed by atoms with van der Waals surface area (Å²) in [6.07, 6.45) is 3.18. The standard InChI is InChI=1S/C20H33N3O2/c1-4-23(5-2)18-11-14-22(15-12-18)16-20(24)21-13-10-17-6-8-19(25-3)9-7-17/h6-9,18H,4-5,10-16H2,1-3H3,(H,21,24). The second kappa shape index (κ2) is 10.4. The molecule has 1 N–H and O–H groups in total. The van der Waals surface area contributed by atoms with Gasteiger partial charge in [-0.25, -0.2) is 0 Å². The van der Waals surface area contributed by atoms with Crippen molar-refractivity contribution in [2.24, 2.45) is 0 Å². The van der Waals surface area contributed by atoms with Crippen molar-refractivity contribution in [1.29, 1.82) is 0 Å². The van der Waals surface area contributed by atoms with Crippen molar-refractivity contribution in [3.8, 4) is 5.75 Å². The van der Waals surface area contributed by atoms with Gasteiger partial charge in [0.05, 0.1) is 13.7 Å². The SMILES string of the molecule is CCN(CC)C1CCN(CC(=O)NCCc2ccc(OC)cc2)CC1. The maximum Gasteiger partial charge on any atom is 0.234 e. The Bertz CT molecular complexity index is 506. The van der Waals surface area contributed by atoms with E-state index < -0.39 is 0 Å². The van der Waals surface area contributed by atoms with Crippen molar-refractivity contribution in [2.45, 2.75) is 39.2 Å². The van der Waals surface area contributed by atoms with Crippen LogP contribution in [0.4, 0.5) is 0 Å². The summed E-state index contributed by atoms with van der Waals surface area (Å²) in [5.41, 5.74) is 1.21. The zero-order valence-electron chi connectivity index (χ0n) is 16.0. The monoisotopic (exact) mass is 347 g/mol. The first-order valence-corrected chi connectivity index (χ1v) is 9.52. The maximum absolute atomic E-state index is 12.1. The number of ether oxygens (including phenoxy) is 1. The number of likely N-dealkylation sites (tertiary alicyclic amines) is 1. The second-order valence-electron chi connectivity index (χ2n) is 6.68. The fourth-order valence-electron chi connectivity index (χ4n) is 3.58. The molecule has 0 aromatic heterocycles. The number of hydrogen-bond donors (Lipinski definition) is 1. The molecule has 1 aliphatic rings. The molecular weight excluding hydrogens is 314 g/mol. The first kappa shape index (κ1) is 19.7. The van der Waals surface area contributed by atoms with Crippen LogP contribution in [0.15, 0.2) is 24.3 Å². The molecule has 5 heteroatoms. The van der Waals surface area contributed by atoms with Gasteiger partial charge in [-0.05, 0) is 50.0 Å². The maximum atomic E-state index is 12.1. The van der Waals surface area contributed by atoms with Gasteiger partial charge in [0.2, 0.25) is 5.91 Å². The van der Waals surface area contributed by atoms with Crippen molar-refractivity contribution in [2.75, 3.05) is 46.4 Å². The highest BCUT2D eigenvalue weighted by molar-refractivity contribution is 5.78. The van der Waals surface area contributed by atoms with Gasteiger partial charge in [0.15, 0.2) is 0 Å². The quantitative estimate of drug-likeness (QED) is 0.743. The number of benzene rings is 1. The van der Waals surface area contributed by atoms with Crippen LogP contribution in [0.3, 0.4) is 0 Å². The van der Waals surface area contributed by atoms with Gasteiger partial charge in [-0.3, -0.25) is 9.69 Å². The van der Waals surface area contributed by atoms with Crippen LogP contribution in [-0.2, 0) is 11.2 Å². The van der Waals surface area contributed by atoms with Crippen molar-refractivity contribution in [3.05, 3.63) is 29.8 Å². The molecule has 1 amide bonds. The highest BCUT2D eigenvalue weighted by atomic mass is 16.5. The largest absolute Gasteiger partial charge is 0.497 e. The number of nitrogens with one attached hydrogen (secondary N) is 1. The predicted molar refractivity (Wildman–Crippen MR) is 102 cm³/mol. The van der Waals surface area contributed by atoms with Crippen molar-refractivity contribution in [3.63, 3.8) is 0 Å². The van der Waals surface area contributed by atoms with E-state index in [2.05, 4.69) is 29.0 Å². The van der Waals surface area contributed by atoms with Gasteiger partial charge in [0.25, 0.3) is 0 Å². The molecule has 1 aliphatic heterocycles. The molecule has 140 valence electrons. The van der Waals surface area contributed by atoms with Crippen LogP contribution in [0.2, 0.25) is 0 Å². The number of amides is 1. The highest BCUT2D eigenvalue weighted by Crippen LogP contribution is 2.16. The number of methoxy groups -OCH3 is 1. The van der Waals surface area contributed by atoms with Crippen LogP contribution < -0.4 is 10.1 Å². The molecule has 2 rings (SSSR count). The normalized spacial score (nSPS) is 16.2. The summed E-state index contributed by atoms with van der Waals surface area (Å²) in [6.45, 7) is 9.94. The molecule has 0 bridgehead atoms. The van der Waals surface area contributed by atoms with E-state index >= 15 is 0 Å². The van der Waals surface area contributed by atoms with E-state index in [-0.39, 0.29) is 5.91 Å². The number of carbonyl (C=O) groups is 1. The van der Waals surface area contributed by atoms with Crippen LogP contribution in [0.1, 0.15) is 32.3 Å². The third-order valence-electron chi connectivity index (χ3n) is 5.15. The number of piperidine rings is 1. The van der Waals surface area contributed by atoms with E-state index in [9.17, 15) is 4.79 Å². The molecule has 5 nitrogen and oxygen atoms in total. The summed E-state index contributed by atoms with van der Waals surface area (Å²) < 4.78 is 5.15. The Kier molecular flexibility index (Phi) is 8.22. The fourth-order valence-corrected chi connectivity index (χ4v) is 3.58. The van der Waals surface area contributed by atoms with Gasteiger partial charge in [-0.1, -0.05) is 26.0 Å². The average Bonchev–Trinajstić information content (AvgIpc) is 2.64. The molecule has 0 unspecified atom stereocenters. The summed E-state index contributed by atoms with van der Waals surface area (Å²) in [5, 5.41) is 3.04. The first-order valence-electron chi connectivity index (χ1n) is 9.52. The van der Waals surface area contributed by atoms with Gasteiger partial charge >= 0.3 is 0 Å². The van der Waals surface area contributed by atoms with E-state index in [1.165, 1.54) is 18.4 Å². The van der Waals surface area contributed by atoms with E-state index in [4.69, 9.17) is 4.74 Å². The Morgan fingerprint density at radius 2 is 1.84 bits per heavy atom. The van der Waals surface area contributed by atoms with Crippen molar-refractivity contribution >= 4 is 5.91 Å². The number of hydrogen-bond acceptors (Lipinski definition) is 4. The predicted octanol–water partition coefficient (Wildman–Crippen LogP) is 2.16. The second-order valence-corrected chi connectivity index (χ2v) is 6.68. The molecule has 0 aliphatic carbocycles. The zero-order chi connectivity index (χ0) is 18.1. The number of rotatable bonds is 9. The van der Waals surface area contributed by atoms with Crippen LogP contribution in [0.25, 0.3) is 0 Å². The molecule has 1 aromatic rings. The average molecular weight is 348 g/mol. The molecule has 0 saturated carbocycles.